The molecule has 1 atom stereocenters. The van der Waals surface area contributed by atoms with Gasteiger partial charge in [0.15, 0.2) is 0 Å². The van der Waals surface area contributed by atoms with E-state index in [0.29, 0.717) is 5.02 Å². The minimum absolute atomic E-state index is 0.0961. The predicted molar refractivity (Wildman–Crippen MR) is 117 cm³/mol. The van der Waals surface area contributed by atoms with Gasteiger partial charge in [-0.2, -0.15) is 0 Å². The largest absolute Gasteiger partial charge is 0.457 e. The van der Waals surface area contributed by atoms with Gasteiger partial charge in [-0.1, -0.05) is 36.7 Å². The Morgan fingerprint density at radius 3 is 2.39 bits per heavy atom. The molecule has 4 rings (SSSR count). The van der Waals surface area contributed by atoms with Crippen LogP contribution in [-0.4, -0.2) is 5.84 Å². The van der Waals surface area contributed by atoms with Crippen molar-refractivity contribution >= 4 is 28.8 Å². The van der Waals surface area contributed by atoms with E-state index in [-0.39, 0.29) is 6.04 Å². The number of anilines is 2. The highest BCUT2D eigenvalue weighted by molar-refractivity contribution is 6.30. The van der Waals surface area contributed by atoms with Gasteiger partial charge in [0.2, 0.25) is 0 Å². The average Bonchev–Trinajstić information content (AvgIpc) is 3.10. The van der Waals surface area contributed by atoms with E-state index >= 15 is 0 Å². The topological polar surface area (TPSA) is 59.6 Å². The van der Waals surface area contributed by atoms with Gasteiger partial charge in [-0.15, -0.1) is 0 Å². The van der Waals surface area contributed by atoms with Crippen LogP contribution in [0.2, 0.25) is 5.02 Å². The van der Waals surface area contributed by atoms with Gasteiger partial charge in [0.05, 0.1) is 6.04 Å². The van der Waals surface area contributed by atoms with E-state index in [1.54, 1.807) is 0 Å². The first-order valence-electron chi connectivity index (χ1n) is 9.36. The van der Waals surface area contributed by atoms with Crippen LogP contribution in [0.15, 0.2) is 71.7 Å². The first-order valence-corrected chi connectivity index (χ1v) is 9.74. The first-order chi connectivity index (χ1) is 13.6. The zero-order chi connectivity index (χ0) is 19.5. The molecular formula is C23H22ClN3O. The van der Waals surface area contributed by atoms with Crippen LogP contribution < -0.4 is 15.8 Å². The minimum Gasteiger partial charge on any atom is -0.457 e. The lowest BCUT2D eigenvalue weighted by Crippen LogP contribution is -2.09. The summed E-state index contributed by atoms with van der Waals surface area (Å²) in [6.07, 6.45) is 1.73. The summed E-state index contributed by atoms with van der Waals surface area (Å²) in [5.41, 5.74) is 10.1. The van der Waals surface area contributed by atoms with Crippen molar-refractivity contribution < 1.29 is 4.74 Å². The molecule has 0 radical (unpaired) electrons. The molecule has 5 heteroatoms. The normalized spacial score (nSPS) is 15.1. The van der Waals surface area contributed by atoms with Crippen LogP contribution in [0.3, 0.4) is 0 Å². The smallest absolute Gasteiger partial charge is 0.127 e. The second-order valence-electron chi connectivity index (χ2n) is 6.84. The van der Waals surface area contributed by atoms with E-state index in [2.05, 4.69) is 30.4 Å². The number of fused-ring (bicyclic) bond motifs is 1. The number of rotatable bonds is 5. The van der Waals surface area contributed by atoms with Crippen LogP contribution in [-0.2, 0) is 6.42 Å². The van der Waals surface area contributed by atoms with Crippen molar-refractivity contribution in [2.75, 3.05) is 11.1 Å². The highest BCUT2D eigenvalue weighted by Gasteiger charge is 2.18. The second kappa shape index (κ2) is 7.95. The number of benzene rings is 3. The van der Waals surface area contributed by atoms with Gasteiger partial charge < -0.3 is 15.8 Å². The monoisotopic (exact) mass is 391 g/mol. The van der Waals surface area contributed by atoms with Crippen LogP contribution in [0.1, 0.15) is 30.5 Å². The average molecular weight is 392 g/mol. The summed E-state index contributed by atoms with van der Waals surface area (Å²) in [6, 6.07) is 21.5. The van der Waals surface area contributed by atoms with E-state index in [1.807, 2.05) is 48.5 Å². The molecule has 0 aliphatic carbocycles. The Morgan fingerprint density at radius 2 is 1.71 bits per heavy atom. The quantitative estimate of drug-likeness (QED) is 0.506. The molecule has 28 heavy (non-hydrogen) atoms. The Balaban J connectivity index is 1.47. The number of amidine groups is 1. The van der Waals surface area contributed by atoms with Gasteiger partial charge >= 0.3 is 0 Å². The molecule has 3 aromatic carbocycles. The molecular weight excluding hydrogens is 370 g/mol. The van der Waals surface area contributed by atoms with Gasteiger partial charge in [0.25, 0.3) is 0 Å². The zero-order valence-electron chi connectivity index (χ0n) is 15.7. The predicted octanol–water partition coefficient (Wildman–Crippen LogP) is 6.23. The number of nitrogens with two attached hydrogens (primary N) is 1. The lowest BCUT2D eigenvalue weighted by atomic mass is 10.0. The molecule has 1 heterocycles. The van der Waals surface area contributed by atoms with Crippen LogP contribution in [0.5, 0.6) is 11.5 Å². The number of halogens is 1. The molecule has 0 fully saturated rings. The molecule has 1 aliphatic rings. The third kappa shape index (κ3) is 4.12. The fourth-order valence-corrected chi connectivity index (χ4v) is 3.43. The second-order valence-corrected chi connectivity index (χ2v) is 7.28. The van der Waals surface area contributed by atoms with Crippen molar-refractivity contribution in [1.82, 2.24) is 0 Å². The molecule has 0 aromatic heterocycles. The number of aliphatic imine (C=N–C) groups is 1. The standard InChI is InChI=1S/C23H22ClN3O/c1-2-21(26-23-13-16-3-8-18(25)14-22(16)27-23)15-4-9-19(10-5-15)28-20-11-6-17(24)7-12-20/h3-12,14,21H,2,13,25H2,1H3,(H,26,27). The van der Waals surface area contributed by atoms with Crippen molar-refractivity contribution in [3.63, 3.8) is 0 Å². The van der Waals surface area contributed by atoms with Gasteiger partial charge in [-0.05, 0) is 66.1 Å². The van der Waals surface area contributed by atoms with E-state index in [4.69, 9.17) is 27.1 Å². The Kier molecular flexibility index (Phi) is 5.22. The molecule has 0 amide bonds. The van der Waals surface area contributed by atoms with Crippen LogP contribution in [0.4, 0.5) is 11.4 Å². The lowest BCUT2D eigenvalue weighted by Gasteiger charge is -2.13. The number of nitrogen functional groups attached to an aromatic ring is 1. The lowest BCUT2D eigenvalue weighted by molar-refractivity contribution is 0.482. The zero-order valence-corrected chi connectivity index (χ0v) is 16.4. The van der Waals surface area contributed by atoms with Crippen molar-refractivity contribution in [3.05, 3.63) is 82.9 Å². The van der Waals surface area contributed by atoms with Gasteiger partial charge in [0, 0.05) is 22.8 Å². The maximum atomic E-state index is 5.91. The molecule has 0 spiro atoms. The fourth-order valence-electron chi connectivity index (χ4n) is 3.31. The summed E-state index contributed by atoms with van der Waals surface area (Å²) in [4.78, 5) is 4.94. The van der Waals surface area contributed by atoms with Gasteiger partial charge in [0.1, 0.15) is 17.3 Å². The fraction of sp³-hybridized carbons (Fsp3) is 0.174. The van der Waals surface area contributed by atoms with Crippen LogP contribution in [0, 0.1) is 0 Å². The molecule has 1 unspecified atom stereocenters. The summed E-state index contributed by atoms with van der Waals surface area (Å²) in [6.45, 7) is 2.15. The molecule has 3 N–H and O–H groups in total. The van der Waals surface area contributed by atoms with Crippen molar-refractivity contribution in [3.8, 4) is 11.5 Å². The van der Waals surface area contributed by atoms with E-state index in [0.717, 1.165) is 47.1 Å². The van der Waals surface area contributed by atoms with Crippen LogP contribution in [0.25, 0.3) is 0 Å². The van der Waals surface area contributed by atoms with Crippen molar-refractivity contribution in [1.29, 1.82) is 0 Å². The number of hydrogen-bond donors (Lipinski definition) is 2. The third-order valence-corrected chi connectivity index (χ3v) is 5.04. The van der Waals surface area contributed by atoms with Crippen molar-refractivity contribution in [2.24, 2.45) is 4.99 Å². The maximum absolute atomic E-state index is 5.91. The Bertz CT molecular complexity index is 997. The van der Waals surface area contributed by atoms with E-state index < -0.39 is 0 Å². The number of nitrogens with one attached hydrogen (secondary N) is 1. The third-order valence-electron chi connectivity index (χ3n) is 4.78. The SMILES string of the molecule is CCC(N=C1Cc2ccc(N)cc2N1)c1ccc(Oc2ccc(Cl)cc2)cc1. The molecule has 0 bridgehead atoms. The Hall–Kier alpha value is -2.98. The molecule has 142 valence electrons. The number of ether oxygens (including phenoxy) is 1. The summed E-state index contributed by atoms with van der Waals surface area (Å²) in [5.74, 6) is 2.53. The molecule has 3 aromatic rings. The summed E-state index contributed by atoms with van der Waals surface area (Å²) in [7, 11) is 0. The molecule has 0 saturated heterocycles. The summed E-state index contributed by atoms with van der Waals surface area (Å²) >= 11 is 5.91. The van der Waals surface area contributed by atoms with E-state index in [1.165, 1.54) is 5.56 Å². The maximum Gasteiger partial charge on any atom is 0.127 e. The summed E-state index contributed by atoms with van der Waals surface area (Å²) in [5, 5.41) is 4.09. The highest BCUT2D eigenvalue weighted by atomic mass is 35.5. The number of nitrogens with zero attached hydrogens (tertiary/aromatic N) is 1. The molecule has 0 saturated carbocycles. The van der Waals surface area contributed by atoms with E-state index in [9.17, 15) is 0 Å². The van der Waals surface area contributed by atoms with Gasteiger partial charge in [-0.25, -0.2) is 0 Å². The molecule has 4 nitrogen and oxygen atoms in total. The highest BCUT2D eigenvalue weighted by Crippen LogP contribution is 2.30. The van der Waals surface area contributed by atoms with Crippen LogP contribution >= 0.6 is 11.6 Å². The Labute approximate surface area is 170 Å². The molecule has 1 aliphatic heterocycles. The Morgan fingerprint density at radius 1 is 1.04 bits per heavy atom. The minimum atomic E-state index is 0.0961. The summed E-state index contributed by atoms with van der Waals surface area (Å²) < 4.78 is 5.87. The first kappa shape index (κ1) is 18.4. The van der Waals surface area contributed by atoms with Gasteiger partial charge in [-0.3, -0.25) is 4.99 Å². The number of hydrogen-bond acceptors (Lipinski definition) is 3. The van der Waals surface area contributed by atoms with Crippen molar-refractivity contribution in [2.45, 2.75) is 25.8 Å².